The highest BCUT2D eigenvalue weighted by Gasteiger charge is 2.59. The molecule has 2 aromatic carbocycles. The van der Waals surface area contributed by atoms with E-state index in [9.17, 15) is 15.3 Å². The number of rotatable bonds is 4. The molecule has 7 heteroatoms. The van der Waals surface area contributed by atoms with E-state index in [4.69, 9.17) is 18.9 Å². The largest absolute Gasteiger partial charge is 0.504 e. The standard InChI is InChI=1S/C20H22O7/c1-24-16-7-11(3-5-14(16)21)18-13-9-26-10-20(13,23)19(27-18)12-4-6-15(22)17(8-12)25-2/h3-8,13,18-19,21-23H,9-10H2,1-2H3/t13?,18-,19+,20+/m0/s1. The number of phenols is 2. The van der Waals surface area contributed by atoms with Crippen molar-refractivity contribution in [1.29, 1.82) is 0 Å². The predicted molar refractivity (Wildman–Crippen MR) is 95.1 cm³/mol. The van der Waals surface area contributed by atoms with Crippen molar-refractivity contribution in [3.63, 3.8) is 0 Å². The number of methoxy groups -OCH3 is 2. The van der Waals surface area contributed by atoms with Crippen molar-refractivity contribution in [2.75, 3.05) is 27.4 Å². The lowest BCUT2D eigenvalue weighted by Crippen LogP contribution is -2.39. The molecule has 4 rings (SSSR count). The van der Waals surface area contributed by atoms with Crippen LogP contribution in [0.3, 0.4) is 0 Å². The molecule has 2 aliphatic rings. The van der Waals surface area contributed by atoms with Crippen molar-refractivity contribution < 1.29 is 34.3 Å². The Hall–Kier alpha value is -2.48. The summed E-state index contributed by atoms with van der Waals surface area (Å²) in [5.41, 5.74) is 0.264. The Morgan fingerprint density at radius 1 is 0.963 bits per heavy atom. The van der Waals surface area contributed by atoms with Crippen LogP contribution in [0.15, 0.2) is 36.4 Å². The Labute approximate surface area is 156 Å². The first kappa shape index (κ1) is 17.9. The van der Waals surface area contributed by atoms with Crippen molar-refractivity contribution >= 4 is 0 Å². The fraction of sp³-hybridized carbons (Fsp3) is 0.400. The van der Waals surface area contributed by atoms with E-state index in [2.05, 4.69) is 0 Å². The molecular weight excluding hydrogens is 352 g/mol. The molecule has 0 aliphatic carbocycles. The van der Waals surface area contributed by atoms with Crippen molar-refractivity contribution in [3.05, 3.63) is 47.5 Å². The van der Waals surface area contributed by atoms with Crippen molar-refractivity contribution in [3.8, 4) is 23.0 Å². The van der Waals surface area contributed by atoms with Crippen LogP contribution in [-0.2, 0) is 9.47 Å². The predicted octanol–water partition coefficient (Wildman–Crippen LogP) is 2.31. The molecule has 0 aromatic heterocycles. The summed E-state index contributed by atoms with van der Waals surface area (Å²) in [7, 11) is 2.95. The fourth-order valence-corrected chi connectivity index (χ4v) is 3.99. The van der Waals surface area contributed by atoms with Gasteiger partial charge in [-0.2, -0.15) is 0 Å². The Balaban J connectivity index is 1.73. The highest BCUT2D eigenvalue weighted by molar-refractivity contribution is 5.45. The molecule has 0 radical (unpaired) electrons. The molecule has 0 saturated carbocycles. The lowest BCUT2D eigenvalue weighted by atomic mass is 9.81. The van der Waals surface area contributed by atoms with E-state index < -0.39 is 17.8 Å². The van der Waals surface area contributed by atoms with Crippen LogP contribution in [0.2, 0.25) is 0 Å². The Morgan fingerprint density at radius 3 is 2.19 bits per heavy atom. The molecule has 2 aliphatic heterocycles. The average Bonchev–Trinajstić information content (AvgIpc) is 3.18. The number of phenolic OH excluding ortho intramolecular Hbond substituents is 2. The zero-order valence-corrected chi connectivity index (χ0v) is 15.1. The molecule has 2 fully saturated rings. The first-order valence-electron chi connectivity index (χ1n) is 8.67. The van der Waals surface area contributed by atoms with Crippen LogP contribution in [0.25, 0.3) is 0 Å². The van der Waals surface area contributed by atoms with Gasteiger partial charge in [-0.05, 0) is 35.4 Å². The van der Waals surface area contributed by atoms with E-state index in [1.807, 2.05) is 0 Å². The highest BCUT2D eigenvalue weighted by Crippen LogP contribution is 2.55. The summed E-state index contributed by atoms with van der Waals surface area (Å²) in [6.07, 6.45) is -1.08. The minimum absolute atomic E-state index is 0.0188. The van der Waals surface area contributed by atoms with Crippen molar-refractivity contribution in [2.24, 2.45) is 5.92 Å². The highest BCUT2D eigenvalue weighted by atomic mass is 16.6. The number of hydrogen-bond acceptors (Lipinski definition) is 7. The minimum atomic E-state index is -1.21. The SMILES string of the molecule is COc1cc([C@H]2O[C@@H](c3ccc(O)c(OC)c3)C3COC[C@@]32O)ccc1O. The van der Waals surface area contributed by atoms with Crippen molar-refractivity contribution in [1.82, 2.24) is 0 Å². The second-order valence-electron chi connectivity index (χ2n) is 6.91. The molecule has 27 heavy (non-hydrogen) atoms. The molecule has 2 aromatic rings. The third kappa shape index (κ3) is 2.79. The van der Waals surface area contributed by atoms with E-state index in [0.29, 0.717) is 23.7 Å². The van der Waals surface area contributed by atoms with Gasteiger partial charge in [0.25, 0.3) is 0 Å². The summed E-state index contributed by atoms with van der Waals surface area (Å²) in [5, 5.41) is 31.1. The Kier molecular flexibility index (Phi) is 4.38. The van der Waals surface area contributed by atoms with Gasteiger partial charge in [0.1, 0.15) is 11.7 Å². The van der Waals surface area contributed by atoms with E-state index in [-0.39, 0.29) is 24.0 Å². The van der Waals surface area contributed by atoms with Gasteiger partial charge in [0.15, 0.2) is 23.0 Å². The van der Waals surface area contributed by atoms with E-state index in [1.165, 1.54) is 20.3 Å². The zero-order chi connectivity index (χ0) is 19.2. The number of ether oxygens (including phenoxy) is 4. The van der Waals surface area contributed by atoms with Gasteiger partial charge in [0.05, 0.1) is 33.5 Å². The summed E-state index contributed by atoms with van der Waals surface area (Å²) in [6.45, 7) is 0.507. The first-order chi connectivity index (χ1) is 13.0. The van der Waals surface area contributed by atoms with Gasteiger partial charge in [-0.1, -0.05) is 12.1 Å². The molecule has 0 spiro atoms. The molecule has 1 unspecified atom stereocenters. The lowest BCUT2D eigenvalue weighted by molar-refractivity contribution is -0.0706. The fourth-order valence-electron chi connectivity index (χ4n) is 3.99. The number of hydrogen-bond donors (Lipinski definition) is 3. The van der Waals surface area contributed by atoms with Gasteiger partial charge in [-0.15, -0.1) is 0 Å². The average molecular weight is 374 g/mol. The third-order valence-electron chi connectivity index (χ3n) is 5.41. The number of aromatic hydroxyl groups is 2. The molecule has 144 valence electrons. The summed E-state index contributed by atoms with van der Waals surface area (Å²) in [6, 6.07) is 9.88. The smallest absolute Gasteiger partial charge is 0.160 e. The number of aliphatic hydroxyl groups is 1. The Bertz CT molecular complexity index is 852. The normalized spacial score (nSPS) is 29.5. The second-order valence-corrected chi connectivity index (χ2v) is 6.91. The van der Waals surface area contributed by atoms with Crippen LogP contribution in [0.1, 0.15) is 23.3 Å². The first-order valence-corrected chi connectivity index (χ1v) is 8.67. The maximum absolute atomic E-state index is 11.4. The van der Waals surface area contributed by atoms with Crippen LogP contribution in [0.5, 0.6) is 23.0 Å². The molecule has 2 saturated heterocycles. The van der Waals surface area contributed by atoms with Crippen LogP contribution in [-0.4, -0.2) is 48.4 Å². The van der Waals surface area contributed by atoms with Gasteiger partial charge in [-0.25, -0.2) is 0 Å². The van der Waals surface area contributed by atoms with Crippen LogP contribution >= 0.6 is 0 Å². The summed E-state index contributed by atoms with van der Waals surface area (Å²) < 4.78 is 22.2. The van der Waals surface area contributed by atoms with Gasteiger partial charge >= 0.3 is 0 Å². The Morgan fingerprint density at radius 2 is 1.56 bits per heavy atom. The van der Waals surface area contributed by atoms with E-state index >= 15 is 0 Å². The van der Waals surface area contributed by atoms with Crippen LogP contribution in [0, 0.1) is 5.92 Å². The quantitative estimate of drug-likeness (QED) is 0.755. The topological polar surface area (TPSA) is 97.6 Å². The molecule has 2 heterocycles. The third-order valence-corrected chi connectivity index (χ3v) is 5.41. The molecule has 4 atom stereocenters. The second kappa shape index (κ2) is 6.60. The van der Waals surface area contributed by atoms with Crippen molar-refractivity contribution in [2.45, 2.75) is 17.8 Å². The monoisotopic (exact) mass is 374 g/mol. The minimum Gasteiger partial charge on any atom is -0.504 e. The van der Waals surface area contributed by atoms with Crippen LogP contribution in [0.4, 0.5) is 0 Å². The molecule has 7 nitrogen and oxygen atoms in total. The van der Waals surface area contributed by atoms with Gasteiger partial charge in [0.2, 0.25) is 0 Å². The van der Waals surface area contributed by atoms with Gasteiger partial charge in [0, 0.05) is 5.92 Å². The molecule has 0 bridgehead atoms. The maximum atomic E-state index is 11.4. The molecular formula is C20H22O7. The van der Waals surface area contributed by atoms with Gasteiger partial charge in [-0.3, -0.25) is 0 Å². The van der Waals surface area contributed by atoms with Crippen LogP contribution < -0.4 is 9.47 Å². The maximum Gasteiger partial charge on any atom is 0.160 e. The summed E-state index contributed by atoms with van der Waals surface area (Å²) in [4.78, 5) is 0. The number of benzene rings is 2. The van der Waals surface area contributed by atoms with E-state index in [1.54, 1.807) is 30.3 Å². The molecule has 3 N–H and O–H groups in total. The summed E-state index contributed by atoms with van der Waals surface area (Å²) >= 11 is 0. The summed E-state index contributed by atoms with van der Waals surface area (Å²) in [5.74, 6) is 0.428. The molecule has 0 amide bonds. The zero-order valence-electron chi connectivity index (χ0n) is 15.1. The van der Waals surface area contributed by atoms with E-state index in [0.717, 1.165) is 5.56 Å². The lowest BCUT2D eigenvalue weighted by Gasteiger charge is -2.26. The number of fused-ring (bicyclic) bond motifs is 1. The van der Waals surface area contributed by atoms with Gasteiger partial charge < -0.3 is 34.3 Å².